The summed E-state index contributed by atoms with van der Waals surface area (Å²) in [6.45, 7) is 23.0. The smallest absolute Gasteiger partial charge is 0.377 e. The molecule has 0 spiro atoms. The second kappa shape index (κ2) is 47.4. The first-order valence-electron chi connectivity index (χ1n) is 44.6. The Hall–Kier alpha value is -14.3. The summed E-state index contributed by atoms with van der Waals surface area (Å²) in [5, 5.41) is 16.1. The molecule has 736 valence electrons. The molecule has 0 amide bonds. The number of aliphatic imine (C=N–C) groups is 3. The van der Waals surface area contributed by atoms with Crippen LogP contribution in [0.5, 0.6) is 0 Å². The average Bonchev–Trinajstić information content (AvgIpc) is 0.829. The fourth-order valence-electron chi connectivity index (χ4n) is 15.0. The maximum absolute atomic E-state index is 14.5. The lowest BCUT2D eigenvalue weighted by molar-refractivity contribution is -0.138. The van der Waals surface area contributed by atoms with Crippen LogP contribution in [0.1, 0.15) is 119 Å². The molecule has 4 fully saturated rings. The summed E-state index contributed by atoms with van der Waals surface area (Å²) in [4.78, 5) is 59.4. The van der Waals surface area contributed by atoms with Crippen LogP contribution in [0.25, 0.3) is 0 Å². The second-order valence-corrected chi connectivity index (χ2v) is 33.0. The van der Waals surface area contributed by atoms with Gasteiger partial charge in [0.05, 0.1) is 148 Å². The van der Waals surface area contributed by atoms with E-state index in [0.717, 1.165) is 125 Å². The second-order valence-electron chi connectivity index (χ2n) is 33.0. The Morgan fingerprint density at radius 3 is 1.19 bits per heavy atom. The van der Waals surface area contributed by atoms with Crippen molar-refractivity contribution in [3.63, 3.8) is 0 Å². The van der Waals surface area contributed by atoms with Crippen molar-refractivity contribution in [1.82, 2.24) is 44.9 Å². The van der Waals surface area contributed by atoms with Crippen LogP contribution in [0.3, 0.4) is 0 Å². The summed E-state index contributed by atoms with van der Waals surface area (Å²) in [6, 6.07) is 41.8. The van der Waals surface area contributed by atoms with E-state index in [-0.39, 0.29) is 61.4 Å². The number of nitrogens with one attached hydrogen (secondary N) is 5. The zero-order valence-corrected chi connectivity index (χ0v) is 77.3. The number of anilines is 13. The van der Waals surface area contributed by atoms with E-state index in [2.05, 4.69) is 96.5 Å². The molecule has 4 saturated heterocycles. The summed E-state index contributed by atoms with van der Waals surface area (Å²) < 4.78 is 220. The topological polar surface area (TPSA) is 275 Å². The molecule has 16 rings (SSSR count). The first kappa shape index (κ1) is 103. The highest BCUT2D eigenvalue weighted by atomic mass is 19.4. The Morgan fingerprint density at radius 1 is 0.393 bits per heavy atom. The zero-order chi connectivity index (χ0) is 99.8. The number of nitrogens with zero attached hydrogens (tertiary/aromatic N) is 17. The number of hydrogen-bond acceptors (Lipinski definition) is 26. The van der Waals surface area contributed by atoms with Crippen LogP contribution in [0.4, 0.5) is 141 Å². The molecule has 4 unspecified atom stereocenters. The van der Waals surface area contributed by atoms with E-state index >= 15 is 0 Å². The zero-order valence-electron chi connectivity index (χ0n) is 77.3. The lowest BCUT2D eigenvalue weighted by Crippen LogP contribution is -2.46. The highest BCUT2D eigenvalue weighted by molar-refractivity contribution is 5.85. The lowest BCUT2D eigenvalue weighted by Gasteiger charge is -2.36. The predicted octanol–water partition coefficient (Wildman–Crippen LogP) is 21.6. The molecule has 0 bridgehead atoms. The molecule has 5 aromatic heterocycles. The largest absolute Gasteiger partial charge is 0.416 e. The van der Waals surface area contributed by atoms with Gasteiger partial charge in [0.2, 0.25) is 5.95 Å². The van der Waals surface area contributed by atoms with Crippen molar-refractivity contribution in [2.24, 2.45) is 20.1 Å². The fraction of sp³-hybridized carbons (Fsp3) is 0.323. The number of hydrogen-bond donors (Lipinski definition) is 5. The van der Waals surface area contributed by atoms with Gasteiger partial charge in [-0.1, -0.05) is 49.4 Å². The summed E-state index contributed by atoms with van der Waals surface area (Å²) in [7, 11) is 0. The monoisotopic (exact) mass is 1950 g/mol. The number of aromatic nitrogens is 9. The average molecular weight is 1950 g/mol. The van der Waals surface area contributed by atoms with Crippen LogP contribution >= 0.6 is 0 Å². The molecule has 7 aromatic carbocycles. The maximum Gasteiger partial charge on any atom is 0.416 e. The van der Waals surface area contributed by atoms with Crippen LogP contribution in [0.2, 0.25) is 0 Å². The molecule has 4 aliphatic heterocycles. The molecule has 140 heavy (non-hydrogen) atoms. The van der Waals surface area contributed by atoms with Crippen molar-refractivity contribution in [2.45, 2.75) is 130 Å². The van der Waals surface area contributed by atoms with E-state index in [4.69, 9.17) is 18.9 Å². The van der Waals surface area contributed by atoms with E-state index in [1.165, 1.54) is 42.9 Å². The Bertz CT molecular complexity index is 6310. The number of hydrazone groups is 1. The molecule has 12 aromatic rings. The van der Waals surface area contributed by atoms with Gasteiger partial charge >= 0.3 is 24.7 Å². The molecule has 26 nitrogen and oxygen atoms in total. The van der Waals surface area contributed by atoms with Gasteiger partial charge in [0.25, 0.3) is 0 Å². The summed E-state index contributed by atoms with van der Waals surface area (Å²) in [6.07, 6.45) is -5.10. The molecular formula is C99H101F15N22O4. The summed E-state index contributed by atoms with van der Waals surface area (Å²) in [5.41, 5.74) is 10.4. The van der Waals surface area contributed by atoms with E-state index < -0.39 is 64.4 Å². The molecule has 4 aliphatic rings. The molecule has 0 radical (unpaired) electrons. The van der Waals surface area contributed by atoms with Gasteiger partial charge in [0.1, 0.15) is 5.82 Å². The van der Waals surface area contributed by atoms with Gasteiger partial charge < -0.3 is 59.8 Å². The van der Waals surface area contributed by atoms with Crippen molar-refractivity contribution in [3.05, 3.63) is 297 Å². The van der Waals surface area contributed by atoms with Gasteiger partial charge in [-0.15, -0.1) is 0 Å². The number of aryl methyl sites for hydroxylation is 4. The number of halogens is 15. The van der Waals surface area contributed by atoms with Gasteiger partial charge in [-0.25, -0.2) is 53.5 Å². The lowest BCUT2D eigenvalue weighted by atomic mass is 10.1. The van der Waals surface area contributed by atoms with E-state index in [1.54, 1.807) is 73.2 Å². The third-order valence-corrected chi connectivity index (χ3v) is 22.1. The van der Waals surface area contributed by atoms with E-state index in [9.17, 15) is 65.9 Å². The quantitative estimate of drug-likeness (QED) is 0.0202. The third-order valence-electron chi connectivity index (χ3n) is 22.1. The van der Waals surface area contributed by atoms with Gasteiger partial charge in [-0.3, -0.25) is 20.0 Å². The Labute approximate surface area is 797 Å². The minimum absolute atomic E-state index is 0.00592. The van der Waals surface area contributed by atoms with Crippen molar-refractivity contribution in [1.29, 1.82) is 0 Å². The molecule has 0 saturated carbocycles. The van der Waals surface area contributed by atoms with Crippen molar-refractivity contribution < 1.29 is 84.8 Å². The van der Waals surface area contributed by atoms with Crippen molar-refractivity contribution >= 4 is 99.6 Å². The minimum atomic E-state index is -4.40. The molecular weight excluding hydrogens is 1850 g/mol. The highest BCUT2D eigenvalue weighted by Crippen LogP contribution is 2.38. The maximum atomic E-state index is 14.5. The van der Waals surface area contributed by atoms with Gasteiger partial charge in [0.15, 0.2) is 52.4 Å². The standard InChI is InChI=1S/C26H27F4N5O.2C25H25F4N5O.C23H24F3N7O/c1-3-22-16-36-10-9-35(22)25-23(27)14-32-24(34-25)15-31-13-18-7-8-21(11-17(18)2)33-20-6-4-5-19(12-20)26(28,29)30;1-16-10-21(32-20-5-3-4-19(11-20)25(27,28)29)7-6-18(16)12-30-14-23-31-13-22(26)24(33-23)34-8-9-35-15-17(34)2;1-16-10-21(32-20-5-3-4-19(11-20)25(27,28)29)7-6-18(16)12-30-14-23-31-13-22(26)24(33-23)34-8-9-35-17(2)15-34;1-15-10-21(33-8-9-34-16(2)14-33)31-22(29-15)32-28-13-19-6-7-20(12-27-19)30-18-5-3-4-17(11-18)23(24,25)26/h4-8,11-14,22,33H,3,9-10,15-16H2,1-2H3;2*3-7,10-13,17,32H,8-9,14-15H2,1-2H3;3-7,10-13,16,30H,8-9,14H2,1-2H3,(H,29,31,32)/b;;;28-13+. The first-order valence-corrected chi connectivity index (χ1v) is 44.6. The minimum Gasteiger partial charge on any atom is -0.377 e. The van der Waals surface area contributed by atoms with Crippen LogP contribution in [0, 0.1) is 45.1 Å². The van der Waals surface area contributed by atoms with Crippen LogP contribution in [-0.2, 0) is 63.3 Å². The normalized spacial score (nSPS) is 16.6. The van der Waals surface area contributed by atoms with Gasteiger partial charge in [0, 0.05) is 109 Å². The third kappa shape index (κ3) is 29.9. The van der Waals surface area contributed by atoms with E-state index in [0.29, 0.717) is 140 Å². The fourth-order valence-corrected chi connectivity index (χ4v) is 15.0. The number of pyridine rings is 1. The molecule has 9 heterocycles. The SMILES string of the molecule is CCC1COCCN1c1nc(CN=Cc2ccc(Nc3cccc(C(F)(F)F)c3)cc2C)ncc1F.Cc1cc(N2CCOC(C)C2)nc(N/N=C/c2ccc(Nc3cccc(C(F)(F)F)c3)cn2)n1.Cc1cc(Nc2cccc(C(F)(F)F)c2)ccc1C=NCc1ncc(F)c(N2CCOC(C)C2)n1.Cc1cc(Nc2cccc(C(F)(F)F)c2)ccc1C=NCc1ncc(F)c(N2CCOCC2C)n1. The number of alkyl halides is 12. The van der Waals surface area contributed by atoms with Gasteiger partial charge in [-0.05, 0) is 210 Å². The van der Waals surface area contributed by atoms with Crippen molar-refractivity contribution in [2.75, 3.05) is 125 Å². The Morgan fingerprint density at radius 2 is 0.779 bits per heavy atom. The van der Waals surface area contributed by atoms with Crippen LogP contribution in [0.15, 0.2) is 215 Å². The number of ether oxygens (including phenoxy) is 4. The number of morpholine rings is 4. The Balaban J connectivity index is 0.000000157. The first-order chi connectivity index (χ1) is 66.9. The highest BCUT2D eigenvalue weighted by Gasteiger charge is 2.35. The molecule has 0 aliphatic carbocycles. The predicted molar refractivity (Wildman–Crippen MR) is 510 cm³/mol. The molecule has 41 heteroatoms. The van der Waals surface area contributed by atoms with Crippen molar-refractivity contribution in [3.8, 4) is 0 Å². The molecule has 4 atom stereocenters. The van der Waals surface area contributed by atoms with Crippen LogP contribution < -0.4 is 46.3 Å². The summed E-state index contributed by atoms with van der Waals surface area (Å²) in [5.74, 6) is 1.73. The summed E-state index contributed by atoms with van der Waals surface area (Å²) >= 11 is 0. The van der Waals surface area contributed by atoms with Gasteiger partial charge in [-0.2, -0.15) is 62.8 Å². The Kier molecular flexibility index (Phi) is 34.9. The number of benzene rings is 7. The molecule has 5 N–H and O–H groups in total. The number of rotatable bonds is 25. The van der Waals surface area contributed by atoms with E-state index in [1.807, 2.05) is 113 Å². The van der Waals surface area contributed by atoms with Crippen LogP contribution in [-0.4, -0.2) is 173 Å².